The molecule has 1 aliphatic rings. The van der Waals surface area contributed by atoms with Crippen molar-refractivity contribution in [2.45, 2.75) is 71.9 Å². The number of benzene rings is 1. The summed E-state index contributed by atoms with van der Waals surface area (Å²) in [6.45, 7) is 8.82. The summed E-state index contributed by atoms with van der Waals surface area (Å²) < 4.78 is 13.7. The number of likely N-dealkylation sites (tertiary alicyclic amines) is 1. The van der Waals surface area contributed by atoms with E-state index in [1.54, 1.807) is 17.9 Å². The summed E-state index contributed by atoms with van der Waals surface area (Å²) in [6.07, 6.45) is 4.18. The van der Waals surface area contributed by atoms with Gasteiger partial charge in [0, 0.05) is 19.1 Å². The molecular formula is C22H34FN3O2. The van der Waals surface area contributed by atoms with Crippen molar-refractivity contribution in [1.29, 1.82) is 0 Å². The van der Waals surface area contributed by atoms with E-state index in [4.69, 9.17) is 0 Å². The van der Waals surface area contributed by atoms with Gasteiger partial charge in [0.25, 0.3) is 0 Å². The van der Waals surface area contributed by atoms with Gasteiger partial charge in [-0.1, -0.05) is 32.4 Å². The highest BCUT2D eigenvalue weighted by molar-refractivity contribution is 5.81. The van der Waals surface area contributed by atoms with Crippen LogP contribution in [0.1, 0.15) is 70.0 Å². The van der Waals surface area contributed by atoms with Crippen LogP contribution in [-0.2, 0) is 4.79 Å². The molecule has 0 aliphatic carbocycles. The van der Waals surface area contributed by atoms with Crippen molar-refractivity contribution in [3.8, 4) is 0 Å². The molecule has 0 spiro atoms. The summed E-state index contributed by atoms with van der Waals surface area (Å²) in [5.74, 6) is -0.456. The van der Waals surface area contributed by atoms with Gasteiger partial charge in [-0.3, -0.25) is 4.79 Å². The molecule has 1 fully saturated rings. The number of halogens is 1. The Bertz CT molecular complexity index is 680. The van der Waals surface area contributed by atoms with Gasteiger partial charge in [0.15, 0.2) is 0 Å². The molecule has 0 saturated carbocycles. The van der Waals surface area contributed by atoms with Crippen LogP contribution in [0.25, 0.3) is 0 Å². The van der Waals surface area contributed by atoms with E-state index >= 15 is 0 Å². The third-order valence-electron chi connectivity index (χ3n) is 5.59. The number of nitrogens with zero attached hydrogens (tertiary/aromatic N) is 1. The van der Waals surface area contributed by atoms with Crippen LogP contribution in [0.5, 0.6) is 0 Å². The van der Waals surface area contributed by atoms with Crippen LogP contribution in [0, 0.1) is 18.7 Å². The van der Waals surface area contributed by atoms with Gasteiger partial charge in [-0.2, -0.15) is 0 Å². The van der Waals surface area contributed by atoms with Gasteiger partial charge in [-0.15, -0.1) is 0 Å². The zero-order valence-electron chi connectivity index (χ0n) is 17.6. The maximum absolute atomic E-state index is 13.7. The van der Waals surface area contributed by atoms with Crippen molar-refractivity contribution in [1.82, 2.24) is 15.5 Å². The molecule has 6 heteroatoms. The Kier molecular flexibility index (Phi) is 8.27. The second kappa shape index (κ2) is 10.4. The number of carbonyl (C=O) groups excluding carboxylic acids is 2. The van der Waals surface area contributed by atoms with Crippen LogP contribution in [0.4, 0.5) is 9.18 Å². The molecule has 0 radical (unpaired) electrons. The molecule has 1 heterocycles. The lowest BCUT2D eigenvalue weighted by atomic mass is 9.88. The topological polar surface area (TPSA) is 61.4 Å². The number of carbonyl (C=O) groups is 2. The number of hydrogen-bond donors (Lipinski definition) is 2. The number of unbranched alkanes of at least 4 members (excludes halogenated alkanes) is 1. The van der Waals surface area contributed by atoms with E-state index in [-0.39, 0.29) is 35.8 Å². The molecule has 28 heavy (non-hydrogen) atoms. The fourth-order valence-electron chi connectivity index (χ4n) is 3.57. The first kappa shape index (κ1) is 22.2. The molecule has 1 aliphatic heterocycles. The number of hydrogen-bond acceptors (Lipinski definition) is 2. The van der Waals surface area contributed by atoms with Crippen molar-refractivity contribution in [3.63, 3.8) is 0 Å². The fraction of sp³-hybridized carbons (Fsp3) is 0.636. The van der Waals surface area contributed by atoms with E-state index in [0.717, 1.165) is 24.8 Å². The lowest BCUT2D eigenvalue weighted by Crippen LogP contribution is -2.51. The van der Waals surface area contributed by atoms with Crippen molar-refractivity contribution in [2.24, 2.45) is 5.92 Å². The maximum Gasteiger partial charge on any atom is 0.317 e. The lowest BCUT2D eigenvalue weighted by molar-refractivity contribution is -0.127. The summed E-state index contributed by atoms with van der Waals surface area (Å²) in [4.78, 5) is 27.2. The molecule has 1 saturated heterocycles. The molecule has 1 aromatic rings. The normalized spacial score (nSPS) is 20.5. The average molecular weight is 392 g/mol. The Balaban J connectivity index is 2.18. The first-order valence-corrected chi connectivity index (χ1v) is 10.5. The number of rotatable bonds is 7. The zero-order chi connectivity index (χ0) is 20.7. The van der Waals surface area contributed by atoms with E-state index in [0.29, 0.717) is 31.5 Å². The number of piperidine rings is 1. The summed E-state index contributed by atoms with van der Waals surface area (Å²) in [6, 6.07) is 4.84. The fourth-order valence-corrected chi connectivity index (χ4v) is 3.57. The van der Waals surface area contributed by atoms with Gasteiger partial charge in [-0.25, -0.2) is 9.18 Å². The number of nitrogens with one attached hydrogen (secondary N) is 2. The van der Waals surface area contributed by atoms with E-state index in [9.17, 15) is 14.0 Å². The van der Waals surface area contributed by atoms with Gasteiger partial charge >= 0.3 is 6.03 Å². The minimum Gasteiger partial charge on any atom is -0.353 e. The van der Waals surface area contributed by atoms with Crippen molar-refractivity contribution < 1.29 is 14.0 Å². The Morgan fingerprint density at radius 3 is 2.68 bits per heavy atom. The van der Waals surface area contributed by atoms with E-state index < -0.39 is 0 Å². The quantitative estimate of drug-likeness (QED) is 0.680. The Morgan fingerprint density at radius 2 is 2.04 bits per heavy atom. The van der Waals surface area contributed by atoms with Crippen molar-refractivity contribution >= 4 is 11.9 Å². The second-order valence-electron chi connectivity index (χ2n) is 7.85. The van der Waals surface area contributed by atoms with E-state index in [1.165, 1.54) is 6.07 Å². The van der Waals surface area contributed by atoms with Gasteiger partial charge in [0.1, 0.15) is 5.82 Å². The van der Waals surface area contributed by atoms with Crippen LogP contribution in [0.3, 0.4) is 0 Å². The molecule has 2 rings (SSSR count). The summed E-state index contributed by atoms with van der Waals surface area (Å²) in [5.41, 5.74) is 1.49. The summed E-state index contributed by atoms with van der Waals surface area (Å²) >= 11 is 0. The molecule has 3 atom stereocenters. The lowest BCUT2D eigenvalue weighted by Gasteiger charge is -2.39. The second-order valence-corrected chi connectivity index (χ2v) is 7.85. The largest absolute Gasteiger partial charge is 0.353 e. The third kappa shape index (κ3) is 5.69. The van der Waals surface area contributed by atoms with Crippen molar-refractivity contribution in [2.75, 3.05) is 13.1 Å². The number of urea groups is 1. The molecular weight excluding hydrogens is 357 g/mol. The highest BCUT2D eigenvalue weighted by Gasteiger charge is 2.35. The molecule has 0 bridgehead atoms. The molecule has 5 nitrogen and oxygen atoms in total. The van der Waals surface area contributed by atoms with Gasteiger partial charge in [0.2, 0.25) is 5.91 Å². The Labute approximate surface area is 168 Å². The van der Waals surface area contributed by atoms with Crippen LogP contribution in [0.2, 0.25) is 0 Å². The van der Waals surface area contributed by atoms with Crippen LogP contribution >= 0.6 is 0 Å². The smallest absolute Gasteiger partial charge is 0.317 e. The van der Waals surface area contributed by atoms with Crippen LogP contribution in [0.15, 0.2) is 18.2 Å². The predicted octanol–water partition coefficient (Wildman–Crippen LogP) is 4.31. The van der Waals surface area contributed by atoms with Crippen LogP contribution < -0.4 is 10.6 Å². The SMILES string of the molecule is CCCCNC(=O)N1C[C@H](C(=O)N[C@H](C)CC)CC[C@@H]1c1ccc(F)c(C)c1. The van der Waals surface area contributed by atoms with E-state index in [1.807, 2.05) is 19.9 Å². The van der Waals surface area contributed by atoms with Gasteiger partial charge < -0.3 is 15.5 Å². The van der Waals surface area contributed by atoms with Crippen molar-refractivity contribution in [3.05, 3.63) is 35.1 Å². The molecule has 0 unspecified atom stereocenters. The number of aryl methyl sites for hydroxylation is 1. The third-order valence-corrected chi connectivity index (χ3v) is 5.59. The minimum absolute atomic E-state index is 0.00875. The van der Waals surface area contributed by atoms with Crippen LogP contribution in [-0.4, -0.2) is 36.0 Å². The summed E-state index contributed by atoms with van der Waals surface area (Å²) in [5, 5.41) is 6.01. The molecule has 2 N–H and O–H groups in total. The monoisotopic (exact) mass is 391 g/mol. The van der Waals surface area contributed by atoms with Gasteiger partial charge in [-0.05, 0) is 56.7 Å². The summed E-state index contributed by atoms with van der Waals surface area (Å²) in [7, 11) is 0. The molecule has 1 aromatic carbocycles. The standard InChI is InChI=1S/C22H34FN3O2/c1-5-7-12-24-22(28)26-14-18(21(27)25-16(4)6-2)9-11-20(26)17-8-10-19(23)15(3)13-17/h8,10,13,16,18,20H,5-7,9,11-12,14H2,1-4H3,(H,24,28)(H,25,27)/t16-,18-,20-/m1/s1. The Hall–Kier alpha value is -2.11. The minimum atomic E-state index is -0.246. The van der Waals surface area contributed by atoms with Gasteiger partial charge in [0.05, 0.1) is 12.0 Å². The highest BCUT2D eigenvalue weighted by Crippen LogP contribution is 2.34. The maximum atomic E-state index is 13.7. The molecule has 156 valence electrons. The first-order chi connectivity index (χ1) is 13.4. The van der Waals surface area contributed by atoms with E-state index in [2.05, 4.69) is 17.6 Å². The molecule has 0 aromatic heterocycles. The first-order valence-electron chi connectivity index (χ1n) is 10.5. The number of amides is 3. The molecule has 3 amide bonds. The highest BCUT2D eigenvalue weighted by atomic mass is 19.1. The average Bonchev–Trinajstić information content (AvgIpc) is 2.69. The zero-order valence-corrected chi connectivity index (χ0v) is 17.6. The Morgan fingerprint density at radius 1 is 1.29 bits per heavy atom. The predicted molar refractivity (Wildman–Crippen MR) is 110 cm³/mol.